The van der Waals surface area contributed by atoms with E-state index in [9.17, 15) is 0 Å². The lowest BCUT2D eigenvalue weighted by Gasteiger charge is -2.29. The van der Waals surface area contributed by atoms with Crippen molar-refractivity contribution in [3.63, 3.8) is 0 Å². The van der Waals surface area contributed by atoms with Crippen molar-refractivity contribution in [1.29, 1.82) is 0 Å². The van der Waals surface area contributed by atoms with Gasteiger partial charge in [0, 0.05) is 6.07 Å². The highest BCUT2D eigenvalue weighted by atomic mass is 35.5. The van der Waals surface area contributed by atoms with E-state index >= 15 is 0 Å². The van der Waals surface area contributed by atoms with Crippen molar-refractivity contribution in [2.45, 2.75) is 5.54 Å². The number of anilines is 2. The van der Waals surface area contributed by atoms with Crippen molar-refractivity contribution in [3.8, 4) is 0 Å². The van der Waals surface area contributed by atoms with Crippen LogP contribution in [0.4, 0.5) is 11.8 Å². The molecule has 0 saturated carbocycles. The number of nitrogens with two attached hydrogens (primary N) is 1. The number of hydrogen-bond acceptors (Lipinski definition) is 7. The molecule has 0 aromatic carbocycles. The zero-order valence-electron chi connectivity index (χ0n) is 8.39. The summed E-state index contributed by atoms with van der Waals surface area (Å²) >= 11 is 5.65. The molecule has 0 aliphatic heterocycles. The van der Waals surface area contributed by atoms with Crippen LogP contribution in [0.3, 0.4) is 0 Å². The number of nitrogen functional groups attached to an aromatic ring is 1. The van der Waals surface area contributed by atoms with Crippen molar-refractivity contribution in [1.82, 2.24) is 9.97 Å². The first-order valence-electron chi connectivity index (χ1n) is 4.46. The summed E-state index contributed by atoms with van der Waals surface area (Å²) in [5, 5.41) is 30.0. The van der Waals surface area contributed by atoms with Crippen molar-refractivity contribution in [2.75, 3.05) is 30.9 Å². The highest BCUT2D eigenvalue weighted by Crippen LogP contribution is 2.17. The summed E-state index contributed by atoms with van der Waals surface area (Å²) in [6.45, 7) is -1.41. The van der Waals surface area contributed by atoms with Gasteiger partial charge >= 0.3 is 0 Å². The Hall–Kier alpha value is -1.15. The molecular weight excluding hydrogens is 236 g/mol. The minimum Gasteiger partial charge on any atom is -0.394 e. The maximum absolute atomic E-state index is 9.09. The van der Waals surface area contributed by atoms with Gasteiger partial charge in [-0.15, -0.1) is 0 Å². The minimum atomic E-state index is -1.27. The maximum atomic E-state index is 9.09. The molecule has 1 rings (SSSR count). The Morgan fingerprint density at radius 1 is 1.25 bits per heavy atom. The molecule has 16 heavy (non-hydrogen) atoms. The third-order valence-electron chi connectivity index (χ3n) is 2.01. The first-order chi connectivity index (χ1) is 7.55. The minimum absolute atomic E-state index is 0.0438. The molecule has 0 aliphatic rings. The molecule has 0 amide bonds. The monoisotopic (exact) mass is 248 g/mol. The fourth-order valence-electron chi connectivity index (χ4n) is 1.04. The summed E-state index contributed by atoms with van der Waals surface area (Å²) < 4.78 is 0. The van der Waals surface area contributed by atoms with E-state index in [1.165, 1.54) is 6.07 Å². The SMILES string of the molecule is Nc1nc(Cl)cc(NC(CO)(CO)CO)n1. The van der Waals surface area contributed by atoms with Gasteiger partial charge in [-0.1, -0.05) is 11.6 Å². The molecule has 0 spiro atoms. The number of aliphatic hydroxyl groups is 3. The standard InChI is InChI=1S/C8H13ClN4O3/c9-5-1-6(12-7(10)11-5)13-8(2-14,3-15)4-16/h1,14-16H,2-4H2,(H3,10,11,12,13). The van der Waals surface area contributed by atoms with Crippen molar-refractivity contribution < 1.29 is 15.3 Å². The number of halogens is 1. The lowest BCUT2D eigenvalue weighted by Crippen LogP contribution is -2.49. The van der Waals surface area contributed by atoms with Crippen LogP contribution in [0.25, 0.3) is 0 Å². The molecular formula is C8H13ClN4O3. The van der Waals surface area contributed by atoms with Crippen LogP contribution in [0.5, 0.6) is 0 Å². The van der Waals surface area contributed by atoms with E-state index in [2.05, 4.69) is 15.3 Å². The van der Waals surface area contributed by atoms with E-state index < -0.39 is 25.4 Å². The zero-order chi connectivity index (χ0) is 12.2. The van der Waals surface area contributed by atoms with Crippen LogP contribution >= 0.6 is 11.6 Å². The number of nitrogens with zero attached hydrogens (tertiary/aromatic N) is 2. The number of hydrogen-bond donors (Lipinski definition) is 5. The first-order valence-corrected chi connectivity index (χ1v) is 4.84. The van der Waals surface area contributed by atoms with Gasteiger partial charge in [0.25, 0.3) is 0 Å². The van der Waals surface area contributed by atoms with Gasteiger partial charge in [0.05, 0.1) is 19.8 Å². The van der Waals surface area contributed by atoms with Crippen molar-refractivity contribution in [3.05, 3.63) is 11.2 Å². The van der Waals surface area contributed by atoms with Crippen molar-refractivity contribution in [2.24, 2.45) is 0 Å². The van der Waals surface area contributed by atoms with Gasteiger partial charge < -0.3 is 26.4 Å². The molecule has 8 heteroatoms. The van der Waals surface area contributed by atoms with E-state index in [1.807, 2.05) is 0 Å². The lowest BCUT2D eigenvalue weighted by atomic mass is 10.0. The highest BCUT2D eigenvalue weighted by molar-refractivity contribution is 6.29. The van der Waals surface area contributed by atoms with Gasteiger partial charge in [-0.3, -0.25) is 0 Å². The summed E-state index contributed by atoms with van der Waals surface area (Å²) in [5.74, 6) is 0.173. The number of nitrogens with one attached hydrogen (secondary N) is 1. The Bertz CT molecular complexity index is 331. The summed E-state index contributed by atoms with van der Waals surface area (Å²) in [6.07, 6.45) is 0. The Balaban J connectivity index is 2.93. The van der Waals surface area contributed by atoms with E-state index in [4.69, 9.17) is 32.7 Å². The molecule has 90 valence electrons. The molecule has 1 aromatic heterocycles. The molecule has 0 unspecified atom stereocenters. The molecule has 7 nitrogen and oxygen atoms in total. The lowest BCUT2D eigenvalue weighted by molar-refractivity contribution is 0.0831. The van der Waals surface area contributed by atoms with Crippen LogP contribution in [-0.2, 0) is 0 Å². The Labute approximate surface area is 96.9 Å². The molecule has 1 aromatic rings. The topological polar surface area (TPSA) is 125 Å². The Morgan fingerprint density at radius 3 is 2.25 bits per heavy atom. The van der Waals surface area contributed by atoms with Gasteiger partial charge in [-0.05, 0) is 0 Å². The maximum Gasteiger partial charge on any atom is 0.223 e. The average molecular weight is 249 g/mol. The average Bonchev–Trinajstić information content (AvgIpc) is 2.25. The van der Waals surface area contributed by atoms with Gasteiger partial charge in [0.1, 0.15) is 16.5 Å². The molecule has 1 heterocycles. The molecule has 6 N–H and O–H groups in total. The summed E-state index contributed by atoms with van der Waals surface area (Å²) in [4.78, 5) is 7.45. The normalized spacial score (nSPS) is 11.5. The van der Waals surface area contributed by atoms with Gasteiger partial charge in [-0.25, -0.2) is 4.98 Å². The van der Waals surface area contributed by atoms with Crippen LogP contribution in [0.15, 0.2) is 6.07 Å². The quantitative estimate of drug-likeness (QED) is 0.416. The second-order valence-corrected chi connectivity index (χ2v) is 3.70. The Morgan fingerprint density at radius 2 is 1.81 bits per heavy atom. The molecule has 0 saturated heterocycles. The third-order valence-corrected chi connectivity index (χ3v) is 2.21. The molecule has 0 atom stereocenters. The fraction of sp³-hybridized carbons (Fsp3) is 0.500. The van der Waals surface area contributed by atoms with Crippen LogP contribution in [0, 0.1) is 0 Å². The van der Waals surface area contributed by atoms with E-state index in [0.717, 1.165) is 0 Å². The van der Waals surface area contributed by atoms with E-state index in [-0.39, 0.29) is 16.9 Å². The third kappa shape index (κ3) is 2.92. The smallest absolute Gasteiger partial charge is 0.223 e. The summed E-state index contributed by atoms with van der Waals surface area (Å²) in [6, 6.07) is 1.37. The molecule has 0 fully saturated rings. The fourth-order valence-corrected chi connectivity index (χ4v) is 1.23. The summed E-state index contributed by atoms with van der Waals surface area (Å²) in [5.41, 5.74) is 4.09. The molecule has 0 bridgehead atoms. The predicted molar refractivity (Wildman–Crippen MR) is 59.1 cm³/mol. The van der Waals surface area contributed by atoms with Gasteiger partial charge in [0.2, 0.25) is 5.95 Å². The Kier molecular flexibility index (Phi) is 4.25. The van der Waals surface area contributed by atoms with Crippen LogP contribution in [0.1, 0.15) is 0 Å². The van der Waals surface area contributed by atoms with Gasteiger partial charge in [-0.2, -0.15) is 4.98 Å². The van der Waals surface area contributed by atoms with Crippen LogP contribution in [-0.4, -0.2) is 50.6 Å². The second kappa shape index (κ2) is 5.26. The largest absolute Gasteiger partial charge is 0.394 e. The zero-order valence-corrected chi connectivity index (χ0v) is 9.15. The van der Waals surface area contributed by atoms with Gasteiger partial charge in [0.15, 0.2) is 0 Å². The number of rotatable bonds is 5. The predicted octanol–water partition coefficient (Wildman–Crippen LogP) is -1.16. The highest BCUT2D eigenvalue weighted by Gasteiger charge is 2.28. The first kappa shape index (κ1) is 12.9. The second-order valence-electron chi connectivity index (χ2n) is 3.31. The van der Waals surface area contributed by atoms with E-state index in [0.29, 0.717) is 0 Å². The van der Waals surface area contributed by atoms with Crippen LogP contribution in [0.2, 0.25) is 5.15 Å². The molecule has 0 radical (unpaired) electrons. The van der Waals surface area contributed by atoms with E-state index in [1.54, 1.807) is 0 Å². The number of aromatic nitrogens is 2. The summed E-state index contributed by atoms with van der Waals surface area (Å²) in [7, 11) is 0. The van der Waals surface area contributed by atoms with Crippen LogP contribution < -0.4 is 11.1 Å². The number of aliphatic hydroxyl groups excluding tert-OH is 3. The molecule has 0 aliphatic carbocycles. The van der Waals surface area contributed by atoms with Crippen molar-refractivity contribution >= 4 is 23.4 Å².